The van der Waals surface area contributed by atoms with Crippen molar-refractivity contribution in [3.05, 3.63) is 106 Å². The smallest absolute Gasteiger partial charge is 0.276 e. The van der Waals surface area contributed by atoms with Gasteiger partial charge in [0.05, 0.1) is 5.03 Å². The average molecular weight is 542 g/mol. The summed E-state index contributed by atoms with van der Waals surface area (Å²) in [4.78, 5) is 29.1. The number of nitrogens with zero attached hydrogens (tertiary/aromatic N) is 3. The molecule has 0 spiro atoms. The number of rotatable bonds is 10. The lowest BCUT2D eigenvalue weighted by Gasteiger charge is -2.15. The number of nitrogens with one attached hydrogen (secondary N) is 1. The lowest BCUT2D eigenvalue weighted by atomic mass is 10.0. The Balaban J connectivity index is 1.64. The minimum absolute atomic E-state index is 0.0214. The number of hydrogen-bond donors (Lipinski definition) is 2. The van der Waals surface area contributed by atoms with Gasteiger partial charge in [-0.25, -0.2) is 4.39 Å². The van der Waals surface area contributed by atoms with Crippen molar-refractivity contribution in [2.45, 2.75) is 19.4 Å². The number of halogens is 3. The van der Waals surface area contributed by atoms with Crippen LogP contribution in [0.2, 0.25) is 0 Å². The first-order chi connectivity index (χ1) is 17.6. The van der Waals surface area contributed by atoms with Crippen molar-refractivity contribution in [2.75, 3.05) is 11.1 Å². The SMILES string of the molecule is C=C(Cl)/C(F)=C\C=C(\Cl)C[C@@H](C)Oc1cc(C(=O)Nc2ccc(C(=O)c3ccncc3)cc2)nnc1N. The summed E-state index contributed by atoms with van der Waals surface area (Å²) in [5.41, 5.74) is 7.22. The lowest BCUT2D eigenvalue weighted by molar-refractivity contribution is 0.101. The highest BCUT2D eigenvalue weighted by Crippen LogP contribution is 2.24. The molecular weight excluding hydrogens is 520 g/mol. The van der Waals surface area contributed by atoms with Gasteiger partial charge in [-0.1, -0.05) is 29.8 Å². The summed E-state index contributed by atoms with van der Waals surface area (Å²) in [5, 5.41) is 10.3. The van der Waals surface area contributed by atoms with Crippen molar-refractivity contribution in [1.29, 1.82) is 0 Å². The van der Waals surface area contributed by atoms with Crippen molar-refractivity contribution in [2.24, 2.45) is 0 Å². The molecule has 2 aromatic heterocycles. The van der Waals surface area contributed by atoms with Gasteiger partial charge in [0, 0.05) is 46.7 Å². The molecule has 0 aliphatic rings. The number of nitrogens with two attached hydrogens (primary N) is 1. The average Bonchev–Trinajstić information content (AvgIpc) is 2.88. The first-order valence-electron chi connectivity index (χ1n) is 10.9. The fraction of sp³-hybridized carbons (Fsp3) is 0.115. The molecule has 0 aliphatic carbocycles. The number of ether oxygens (including phenoxy) is 1. The molecular formula is C26H22Cl2FN5O3. The highest BCUT2D eigenvalue weighted by molar-refractivity contribution is 6.31. The van der Waals surface area contributed by atoms with Crippen LogP contribution in [0.4, 0.5) is 15.9 Å². The first kappa shape index (κ1) is 27.5. The number of carbonyl (C=O) groups is 2. The fourth-order valence-electron chi connectivity index (χ4n) is 3.01. The highest BCUT2D eigenvalue weighted by atomic mass is 35.5. The second-order valence-corrected chi connectivity index (χ2v) is 8.68. The largest absolute Gasteiger partial charge is 0.486 e. The van der Waals surface area contributed by atoms with E-state index in [1.54, 1.807) is 55.7 Å². The number of hydrogen-bond acceptors (Lipinski definition) is 7. The summed E-state index contributed by atoms with van der Waals surface area (Å²) in [6.07, 6.45) is 5.24. The number of benzene rings is 1. The van der Waals surface area contributed by atoms with Crippen LogP contribution in [0.25, 0.3) is 0 Å². The number of aromatic nitrogens is 3. The molecule has 0 unspecified atom stereocenters. The van der Waals surface area contributed by atoms with Crippen molar-refractivity contribution in [3.8, 4) is 5.75 Å². The zero-order valence-electron chi connectivity index (χ0n) is 19.6. The van der Waals surface area contributed by atoms with E-state index in [2.05, 4.69) is 27.1 Å². The second kappa shape index (κ2) is 12.8. The van der Waals surface area contributed by atoms with Gasteiger partial charge in [0.15, 0.2) is 23.0 Å². The van der Waals surface area contributed by atoms with E-state index < -0.39 is 17.8 Å². The standard InChI is InChI=1S/C26H22Cl2FN5O3/c1-15(13-19(28)5-8-21(29)16(2)27)37-23-14-22(33-34-25(23)30)26(36)32-20-6-3-17(4-7-20)24(35)18-9-11-31-12-10-18/h3-12,14-15H,2,13H2,1H3,(H2,30,34)(H,32,36)/b19-5+,21-8+/t15-/m1/s1. The third-order valence-electron chi connectivity index (χ3n) is 4.85. The van der Waals surface area contributed by atoms with E-state index in [-0.39, 0.29) is 34.5 Å². The molecule has 8 nitrogen and oxygen atoms in total. The Hall–Kier alpha value is -4.08. The third-order valence-corrected chi connectivity index (χ3v) is 5.31. The van der Waals surface area contributed by atoms with Crippen LogP contribution < -0.4 is 15.8 Å². The molecule has 11 heteroatoms. The van der Waals surface area contributed by atoms with E-state index in [9.17, 15) is 14.0 Å². The Morgan fingerprint density at radius 2 is 1.76 bits per heavy atom. The number of nitrogen functional groups attached to an aromatic ring is 1. The molecule has 1 atom stereocenters. The Morgan fingerprint density at radius 1 is 1.11 bits per heavy atom. The molecule has 0 saturated carbocycles. The Morgan fingerprint density at radius 3 is 2.41 bits per heavy atom. The monoisotopic (exact) mass is 541 g/mol. The molecule has 1 aromatic carbocycles. The van der Waals surface area contributed by atoms with Crippen LogP contribution in [0, 0.1) is 0 Å². The van der Waals surface area contributed by atoms with Gasteiger partial charge in [-0.2, -0.15) is 0 Å². The van der Waals surface area contributed by atoms with E-state index in [4.69, 9.17) is 33.7 Å². The maximum Gasteiger partial charge on any atom is 0.276 e. The molecule has 190 valence electrons. The third kappa shape index (κ3) is 7.96. The summed E-state index contributed by atoms with van der Waals surface area (Å²) in [6.45, 7) is 4.99. The Bertz CT molecular complexity index is 1360. The van der Waals surface area contributed by atoms with Crippen LogP contribution >= 0.6 is 23.2 Å². The molecule has 0 fully saturated rings. The molecule has 37 heavy (non-hydrogen) atoms. The molecule has 0 radical (unpaired) electrons. The number of carbonyl (C=O) groups excluding carboxylic acids is 2. The Labute approximate surface area is 222 Å². The van der Waals surface area contributed by atoms with Crippen LogP contribution in [-0.2, 0) is 0 Å². The van der Waals surface area contributed by atoms with Crippen LogP contribution in [0.5, 0.6) is 5.75 Å². The number of amides is 1. The zero-order valence-corrected chi connectivity index (χ0v) is 21.1. The summed E-state index contributed by atoms with van der Waals surface area (Å²) in [5.74, 6) is -1.32. The lowest BCUT2D eigenvalue weighted by Crippen LogP contribution is -2.18. The van der Waals surface area contributed by atoms with Crippen molar-refractivity contribution in [3.63, 3.8) is 0 Å². The van der Waals surface area contributed by atoms with Crippen molar-refractivity contribution >= 4 is 46.4 Å². The minimum atomic E-state index is -0.707. The van der Waals surface area contributed by atoms with E-state index in [0.717, 1.165) is 6.08 Å². The normalized spacial score (nSPS) is 12.5. The molecule has 3 rings (SSSR count). The van der Waals surface area contributed by atoms with Gasteiger partial charge in [-0.05, 0) is 55.5 Å². The molecule has 0 aliphatic heterocycles. The summed E-state index contributed by atoms with van der Waals surface area (Å²) < 4.78 is 19.2. The van der Waals surface area contributed by atoms with Crippen LogP contribution in [-0.4, -0.2) is 33.0 Å². The molecule has 3 N–H and O–H groups in total. The predicted molar refractivity (Wildman–Crippen MR) is 141 cm³/mol. The van der Waals surface area contributed by atoms with Gasteiger partial charge in [0.2, 0.25) is 0 Å². The van der Waals surface area contributed by atoms with Gasteiger partial charge in [0.25, 0.3) is 5.91 Å². The number of ketones is 1. The summed E-state index contributed by atoms with van der Waals surface area (Å²) >= 11 is 11.6. The quantitative estimate of drug-likeness (QED) is 0.245. The van der Waals surface area contributed by atoms with Crippen molar-refractivity contribution in [1.82, 2.24) is 15.2 Å². The van der Waals surface area contributed by atoms with Crippen molar-refractivity contribution < 1.29 is 18.7 Å². The summed E-state index contributed by atoms with van der Waals surface area (Å²) in [7, 11) is 0. The molecule has 0 saturated heterocycles. The molecule has 0 bridgehead atoms. The zero-order chi connectivity index (χ0) is 26.9. The number of pyridine rings is 1. The topological polar surface area (TPSA) is 120 Å². The number of anilines is 2. The predicted octanol–water partition coefficient (Wildman–Crippen LogP) is 5.82. The van der Waals surface area contributed by atoms with Gasteiger partial charge < -0.3 is 15.8 Å². The fourth-order valence-corrected chi connectivity index (χ4v) is 3.36. The van der Waals surface area contributed by atoms with Crippen LogP contribution in [0.15, 0.2) is 89.5 Å². The minimum Gasteiger partial charge on any atom is -0.486 e. The molecule has 3 aromatic rings. The van der Waals surface area contributed by atoms with E-state index in [0.29, 0.717) is 21.8 Å². The van der Waals surface area contributed by atoms with Crippen LogP contribution in [0.1, 0.15) is 39.8 Å². The van der Waals surface area contributed by atoms with Gasteiger partial charge in [-0.15, -0.1) is 10.2 Å². The maximum absolute atomic E-state index is 13.4. The van der Waals surface area contributed by atoms with Crippen LogP contribution in [0.3, 0.4) is 0 Å². The van der Waals surface area contributed by atoms with Gasteiger partial charge >= 0.3 is 0 Å². The molecule has 2 heterocycles. The van der Waals surface area contributed by atoms with E-state index >= 15 is 0 Å². The second-order valence-electron chi connectivity index (χ2n) is 7.74. The van der Waals surface area contributed by atoms with Gasteiger partial charge in [-0.3, -0.25) is 14.6 Å². The molecule has 1 amide bonds. The highest BCUT2D eigenvalue weighted by Gasteiger charge is 2.16. The number of allylic oxidation sites excluding steroid dienone is 4. The maximum atomic E-state index is 13.4. The van der Waals surface area contributed by atoms with E-state index in [1.165, 1.54) is 12.1 Å². The summed E-state index contributed by atoms with van der Waals surface area (Å²) in [6, 6.07) is 11.0. The van der Waals surface area contributed by atoms with Gasteiger partial charge in [0.1, 0.15) is 11.9 Å². The van der Waals surface area contributed by atoms with E-state index in [1.807, 2.05) is 0 Å². The first-order valence-corrected chi connectivity index (χ1v) is 11.6. The Kier molecular flexibility index (Phi) is 9.48.